The van der Waals surface area contributed by atoms with Crippen molar-refractivity contribution in [2.24, 2.45) is 5.84 Å². The summed E-state index contributed by atoms with van der Waals surface area (Å²) in [5, 5.41) is 1.07. The molecule has 1 aromatic rings. The first kappa shape index (κ1) is 13.3. The van der Waals surface area contributed by atoms with Crippen molar-refractivity contribution in [1.29, 1.82) is 0 Å². The predicted octanol–water partition coefficient (Wildman–Crippen LogP) is 1.14. The zero-order valence-electron chi connectivity index (χ0n) is 10.6. The zero-order chi connectivity index (χ0) is 13.0. The van der Waals surface area contributed by atoms with E-state index >= 15 is 0 Å². The number of ether oxygens (including phenoxy) is 2. The maximum Gasteiger partial charge on any atom is 0.243 e. The zero-order valence-corrected chi connectivity index (χ0v) is 10.6. The van der Waals surface area contributed by atoms with Crippen LogP contribution in [0.2, 0.25) is 0 Å². The molecule has 1 atom stereocenters. The first-order valence-corrected chi connectivity index (χ1v) is 5.25. The largest absolute Gasteiger partial charge is 0.497 e. The second-order valence-electron chi connectivity index (χ2n) is 3.78. The number of amides is 1. The molecule has 5 heteroatoms. The van der Waals surface area contributed by atoms with Crippen molar-refractivity contribution in [3.8, 4) is 11.5 Å². The van der Waals surface area contributed by atoms with E-state index in [-0.39, 0.29) is 11.8 Å². The highest BCUT2D eigenvalue weighted by Gasteiger charge is 2.21. The lowest BCUT2D eigenvalue weighted by molar-refractivity contribution is -0.131. The lowest BCUT2D eigenvalue weighted by atomic mass is 9.99. The molecular formula is C12H18N2O3. The molecule has 1 aromatic carbocycles. The Hall–Kier alpha value is -1.75. The Bertz CT molecular complexity index is 405. The van der Waals surface area contributed by atoms with Crippen molar-refractivity contribution in [3.63, 3.8) is 0 Å². The number of methoxy groups -OCH3 is 2. The maximum atomic E-state index is 11.8. The molecule has 0 spiro atoms. The van der Waals surface area contributed by atoms with Crippen LogP contribution in [0.1, 0.15) is 18.4 Å². The van der Waals surface area contributed by atoms with Crippen molar-refractivity contribution >= 4 is 5.91 Å². The van der Waals surface area contributed by atoms with Gasteiger partial charge in [-0.1, -0.05) is 0 Å². The summed E-state index contributed by atoms with van der Waals surface area (Å²) in [5.74, 6) is 6.21. The van der Waals surface area contributed by atoms with E-state index in [2.05, 4.69) is 0 Å². The van der Waals surface area contributed by atoms with Crippen LogP contribution in [0, 0.1) is 0 Å². The number of carbonyl (C=O) groups excluding carboxylic acids is 1. The van der Waals surface area contributed by atoms with Crippen LogP contribution in [-0.4, -0.2) is 32.2 Å². The molecule has 0 saturated heterocycles. The third-order valence-corrected chi connectivity index (χ3v) is 2.62. The summed E-state index contributed by atoms with van der Waals surface area (Å²) in [7, 11) is 4.66. The Morgan fingerprint density at radius 2 is 2.00 bits per heavy atom. The second-order valence-corrected chi connectivity index (χ2v) is 3.78. The highest BCUT2D eigenvalue weighted by atomic mass is 16.5. The molecule has 17 heavy (non-hydrogen) atoms. The average Bonchev–Trinajstić information content (AvgIpc) is 2.35. The molecule has 2 N–H and O–H groups in total. The van der Waals surface area contributed by atoms with Crippen molar-refractivity contribution < 1.29 is 14.3 Å². The maximum absolute atomic E-state index is 11.8. The molecule has 0 aromatic heterocycles. The third-order valence-electron chi connectivity index (χ3n) is 2.62. The van der Waals surface area contributed by atoms with Gasteiger partial charge >= 0.3 is 0 Å². The number of likely N-dealkylation sites (N-methyl/N-ethyl adjacent to an activating group) is 1. The van der Waals surface area contributed by atoms with Gasteiger partial charge in [0.15, 0.2) is 0 Å². The van der Waals surface area contributed by atoms with Gasteiger partial charge in [0.2, 0.25) is 5.91 Å². The number of benzene rings is 1. The van der Waals surface area contributed by atoms with Crippen LogP contribution in [-0.2, 0) is 4.79 Å². The van der Waals surface area contributed by atoms with Gasteiger partial charge < -0.3 is 9.47 Å². The number of hydrazine groups is 1. The van der Waals surface area contributed by atoms with E-state index in [9.17, 15) is 4.79 Å². The van der Waals surface area contributed by atoms with E-state index in [1.807, 2.05) is 0 Å². The molecule has 0 radical (unpaired) electrons. The molecule has 0 fully saturated rings. The summed E-state index contributed by atoms with van der Waals surface area (Å²) in [6.45, 7) is 1.78. The summed E-state index contributed by atoms with van der Waals surface area (Å²) >= 11 is 0. The lowest BCUT2D eigenvalue weighted by Gasteiger charge is -2.19. The lowest BCUT2D eigenvalue weighted by Crippen LogP contribution is -2.36. The Labute approximate surface area is 101 Å². The van der Waals surface area contributed by atoms with Crippen molar-refractivity contribution in [1.82, 2.24) is 5.01 Å². The van der Waals surface area contributed by atoms with Crippen molar-refractivity contribution in [2.75, 3.05) is 21.3 Å². The van der Waals surface area contributed by atoms with Gasteiger partial charge in [0.1, 0.15) is 11.5 Å². The normalized spacial score (nSPS) is 11.8. The van der Waals surface area contributed by atoms with Crippen LogP contribution in [0.4, 0.5) is 0 Å². The Balaban J connectivity index is 3.13. The topological polar surface area (TPSA) is 64.8 Å². The molecule has 94 valence electrons. The summed E-state index contributed by atoms with van der Waals surface area (Å²) in [5.41, 5.74) is 0.758. The molecule has 0 aliphatic heterocycles. The van der Waals surface area contributed by atoms with Gasteiger partial charge in [-0.05, 0) is 25.1 Å². The Morgan fingerprint density at radius 1 is 1.35 bits per heavy atom. The highest BCUT2D eigenvalue weighted by molar-refractivity contribution is 5.83. The standard InChI is InChI=1S/C12H18N2O3/c1-8(12(15)14(2)13)10-7-9(16-3)5-6-11(10)17-4/h5-8H,13H2,1-4H3. The smallest absolute Gasteiger partial charge is 0.243 e. The van der Waals surface area contributed by atoms with Gasteiger partial charge in [-0.3, -0.25) is 9.80 Å². The van der Waals surface area contributed by atoms with E-state index in [0.717, 1.165) is 10.6 Å². The fourth-order valence-corrected chi connectivity index (χ4v) is 1.62. The molecule has 0 aliphatic carbocycles. The van der Waals surface area contributed by atoms with E-state index in [0.29, 0.717) is 11.5 Å². The Kier molecular flexibility index (Phi) is 4.34. The van der Waals surface area contributed by atoms with Gasteiger partial charge in [0.25, 0.3) is 0 Å². The molecule has 0 saturated carbocycles. The van der Waals surface area contributed by atoms with Crippen molar-refractivity contribution in [2.45, 2.75) is 12.8 Å². The molecule has 0 heterocycles. The minimum absolute atomic E-state index is 0.184. The summed E-state index contributed by atoms with van der Waals surface area (Å²) in [6, 6.07) is 5.34. The van der Waals surface area contributed by atoms with Gasteiger partial charge in [-0.15, -0.1) is 0 Å². The first-order chi connectivity index (χ1) is 8.01. The predicted molar refractivity (Wildman–Crippen MR) is 64.9 cm³/mol. The van der Waals surface area contributed by atoms with Crippen LogP contribution in [0.15, 0.2) is 18.2 Å². The van der Waals surface area contributed by atoms with E-state index in [1.54, 1.807) is 39.3 Å². The number of carbonyl (C=O) groups is 1. The fraction of sp³-hybridized carbons (Fsp3) is 0.417. The average molecular weight is 238 g/mol. The molecule has 1 rings (SSSR count). The Morgan fingerprint density at radius 3 is 2.47 bits per heavy atom. The highest BCUT2D eigenvalue weighted by Crippen LogP contribution is 2.30. The van der Waals surface area contributed by atoms with Gasteiger partial charge in [-0.25, -0.2) is 5.84 Å². The third kappa shape index (κ3) is 2.88. The summed E-state index contributed by atoms with van der Waals surface area (Å²) in [6.07, 6.45) is 0. The monoisotopic (exact) mass is 238 g/mol. The van der Waals surface area contributed by atoms with Crippen LogP contribution in [0.25, 0.3) is 0 Å². The van der Waals surface area contributed by atoms with Crippen LogP contribution in [0.5, 0.6) is 11.5 Å². The summed E-state index contributed by atoms with van der Waals surface area (Å²) < 4.78 is 10.4. The summed E-state index contributed by atoms with van der Waals surface area (Å²) in [4.78, 5) is 11.8. The molecule has 5 nitrogen and oxygen atoms in total. The van der Waals surface area contributed by atoms with E-state index in [1.165, 1.54) is 7.05 Å². The molecule has 0 bridgehead atoms. The van der Waals surface area contributed by atoms with Crippen LogP contribution in [0.3, 0.4) is 0 Å². The quantitative estimate of drug-likeness (QED) is 0.485. The van der Waals surface area contributed by atoms with Crippen LogP contribution < -0.4 is 15.3 Å². The minimum atomic E-state index is -0.380. The molecule has 1 unspecified atom stereocenters. The first-order valence-electron chi connectivity index (χ1n) is 5.25. The van der Waals surface area contributed by atoms with Gasteiger partial charge in [-0.2, -0.15) is 0 Å². The minimum Gasteiger partial charge on any atom is -0.497 e. The van der Waals surface area contributed by atoms with Crippen LogP contribution >= 0.6 is 0 Å². The number of rotatable bonds is 4. The number of nitrogens with zero attached hydrogens (tertiary/aromatic N) is 1. The van der Waals surface area contributed by atoms with E-state index in [4.69, 9.17) is 15.3 Å². The second kappa shape index (κ2) is 5.54. The number of hydrogen-bond donors (Lipinski definition) is 1. The van der Waals surface area contributed by atoms with Gasteiger partial charge in [0, 0.05) is 12.6 Å². The molecular weight excluding hydrogens is 220 g/mol. The fourth-order valence-electron chi connectivity index (χ4n) is 1.62. The number of nitrogens with two attached hydrogens (primary N) is 1. The SMILES string of the molecule is COc1ccc(OC)c(C(C)C(=O)N(C)N)c1. The number of hydrogen-bond acceptors (Lipinski definition) is 4. The van der Waals surface area contributed by atoms with E-state index < -0.39 is 0 Å². The molecule has 1 amide bonds. The van der Waals surface area contributed by atoms with Crippen molar-refractivity contribution in [3.05, 3.63) is 23.8 Å². The van der Waals surface area contributed by atoms with Gasteiger partial charge in [0.05, 0.1) is 20.1 Å². The molecule has 0 aliphatic rings.